The van der Waals surface area contributed by atoms with Gasteiger partial charge in [-0.2, -0.15) is 0 Å². The first-order valence-electron chi connectivity index (χ1n) is 3.04. The highest BCUT2D eigenvalue weighted by Gasteiger charge is 1.94. The Morgan fingerprint density at radius 2 is 2.09 bits per heavy atom. The summed E-state index contributed by atoms with van der Waals surface area (Å²) in [4.78, 5) is 10.0. The van der Waals surface area contributed by atoms with Crippen molar-refractivity contribution in [2.45, 2.75) is 0 Å². The van der Waals surface area contributed by atoms with Crippen LogP contribution in [0.25, 0.3) is 0 Å². The first kappa shape index (κ1) is 11.4. The molecule has 6 heteroatoms. The van der Waals surface area contributed by atoms with Crippen LogP contribution >= 0.6 is 33.2 Å². The van der Waals surface area contributed by atoms with Crippen LogP contribution in [0.2, 0.25) is 0 Å². The Bertz CT molecular complexity index is 115. The van der Waals surface area contributed by atoms with Gasteiger partial charge in [-0.25, -0.2) is 4.79 Å². The lowest BCUT2D eigenvalue weighted by Crippen LogP contribution is -2.01. The number of nitrogens with two attached hydrogens (primary N) is 1. The fraction of sp³-hybridized carbons (Fsp3) is 0.800. The van der Waals surface area contributed by atoms with Gasteiger partial charge in [-0.1, -0.05) is 21.6 Å². The predicted molar refractivity (Wildman–Crippen MR) is 51.2 cm³/mol. The highest BCUT2D eigenvalue weighted by Crippen LogP contribution is 2.19. The van der Waals surface area contributed by atoms with Crippen LogP contribution in [0.4, 0.5) is 4.79 Å². The second kappa shape index (κ2) is 8.52. The van der Waals surface area contributed by atoms with E-state index in [0.29, 0.717) is 13.2 Å². The van der Waals surface area contributed by atoms with Crippen LogP contribution < -0.4 is 5.73 Å². The fourth-order valence-corrected chi connectivity index (χ4v) is 2.08. The summed E-state index contributed by atoms with van der Waals surface area (Å²) < 4.78 is 4.48. The van der Waals surface area contributed by atoms with Gasteiger partial charge in [-0.3, -0.25) is 0 Å². The predicted octanol–water partition coefficient (Wildman–Crippen LogP) is 1.70. The van der Waals surface area contributed by atoms with E-state index >= 15 is 0 Å². The molecule has 0 rings (SSSR count). The van der Waals surface area contributed by atoms with Gasteiger partial charge in [0.15, 0.2) is 0 Å². The van der Waals surface area contributed by atoms with E-state index in [1.807, 2.05) is 0 Å². The molecule has 3 nitrogen and oxygen atoms in total. The summed E-state index contributed by atoms with van der Waals surface area (Å²) in [7, 11) is 3.28. The van der Waals surface area contributed by atoms with E-state index in [9.17, 15) is 4.79 Å². The molecule has 0 aromatic heterocycles. The van der Waals surface area contributed by atoms with E-state index in [-0.39, 0.29) is 0 Å². The van der Waals surface area contributed by atoms with Crippen molar-refractivity contribution in [1.29, 1.82) is 0 Å². The van der Waals surface area contributed by atoms with Crippen LogP contribution in [-0.4, -0.2) is 30.1 Å². The third kappa shape index (κ3) is 10.4. The Labute approximate surface area is 78.8 Å². The van der Waals surface area contributed by atoms with Gasteiger partial charge in [0.1, 0.15) is 6.61 Å². The Morgan fingerprint density at radius 1 is 1.45 bits per heavy atom. The molecule has 0 fully saturated rings. The molecule has 0 radical (unpaired) electrons. The number of halogens is 1. The Morgan fingerprint density at radius 3 is 2.64 bits per heavy atom. The topological polar surface area (TPSA) is 52.3 Å². The van der Waals surface area contributed by atoms with Gasteiger partial charge in [0.05, 0.1) is 0 Å². The minimum atomic E-state index is -0.741. The van der Waals surface area contributed by atoms with Crippen LogP contribution in [-0.2, 0) is 4.74 Å². The zero-order valence-electron chi connectivity index (χ0n) is 5.92. The standard InChI is InChI=1S/C5H10ClNO2S2/c6-5(8)9-2-4-11-10-3-1-7/h1-4,7H2. The highest BCUT2D eigenvalue weighted by molar-refractivity contribution is 8.76. The summed E-state index contributed by atoms with van der Waals surface area (Å²) in [6.07, 6.45) is 0. The van der Waals surface area contributed by atoms with Crippen LogP contribution in [0.1, 0.15) is 0 Å². The number of hydrogen-bond acceptors (Lipinski definition) is 5. The lowest BCUT2D eigenvalue weighted by molar-refractivity contribution is 0.181. The molecule has 66 valence electrons. The smallest absolute Gasteiger partial charge is 0.403 e. The number of hydrogen-bond donors (Lipinski definition) is 1. The zero-order chi connectivity index (χ0) is 8.53. The molecular formula is C5H10ClNO2S2. The number of ether oxygens (including phenoxy) is 1. The van der Waals surface area contributed by atoms with Crippen molar-refractivity contribution in [3.63, 3.8) is 0 Å². The van der Waals surface area contributed by atoms with Crippen LogP contribution in [0.3, 0.4) is 0 Å². The van der Waals surface area contributed by atoms with E-state index in [2.05, 4.69) is 4.74 Å². The molecule has 0 saturated heterocycles. The Balaban J connectivity index is 2.85. The van der Waals surface area contributed by atoms with Gasteiger partial charge < -0.3 is 10.5 Å². The van der Waals surface area contributed by atoms with Crippen LogP contribution in [0.15, 0.2) is 0 Å². The van der Waals surface area contributed by atoms with E-state index in [1.54, 1.807) is 21.6 Å². The van der Waals surface area contributed by atoms with Gasteiger partial charge in [0, 0.05) is 29.7 Å². The van der Waals surface area contributed by atoms with E-state index < -0.39 is 5.43 Å². The van der Waals surface area contributed by atoms with Gasteiger partial charge in [-0.05, 0) is 0 Å². The molecule has 0 bridgehead atoms. The fourth-order valence-electron chi connectivity index (χ4n) is 0.322. The largest absolute Gasteiger partial charge is 0.453 e. The summed E-state index contributed by atoms with van der Waals surface area (Å²) in [5.41, 5.74) is 4.51. The van der Waals surface area contributed by atoms with E-state index in [1.165, 1.54) is 0 Å². The summed E-state index contributed by atoms with van der Waals surface area (Å²) in [5.74, 6) is 1.67. The lowest BCUT2D eigenvalue weighted by Gasteiger charge is -1.98. The van der Waals surface area contributed by atoms with Gasteiger partial charge in [0.25, 0.3) is 0 Å². The maximum atomic E-state index is 10.0. The van der Waals surface area contributed by atoms with Crippen LogP contribution in [0.5, 0.6) is 0 Å². The quantitative estimate of drug-likeness (QED) is 0.415. The number of carbonyl (C=O) groups is 1. The summed E-state index contributed by atoms with van der Waals surface area (Å²) in [5, 5.41) is 0. The molecule has 0 saturated carbocycles. The molecule has 0 spiro atoms. The third-order valence-electron chi connectivity index (χ3n) is 0.667. The Kier molecular flexibility index (Phi) is 8.84. The maximum absolute atomic E-state index is 10.0. The molecule has 11 heavy (non-hydrogen) atoms. The van der Waals surface area contributed by atoms with Crippen molar-refractivity contribution in [1.82, 2.24) is 0 Å². The average Bonchev–Trinajstić information content (AvgIpc) is 1.96. The molecule has 0 amide bonds. The average molecular weight is 216 g/mol. The molecule has 2 N–H and O–H groups in total. The van der Waals surface area contributed by atoms with Crippen molar-refractivity contribution in [3.8, 4) is 0 Å². The first-order chi connectivity index (χ1) is 5.27. The van der Waals surface area contributed by atoms with E-state index in [4.69, 9.17) is 17.3 Å². The molecule has 0 aromatic carbocycles. The lowest BCUT2D eigenvalue weighted by atomic mass is 10.8. The van der Waals surface area contributed by atoms with Crippen molar-refractivity contribution >= 4 is 38.6 Å². The van der Waals surface area contributed by atoms with Crippen LogP contribution in [0, 0.1) is 0 Å². The minimum absolute atomic E-state index is 0.366. The monoisotopic (exact) mass is 215 g/mol. The minimum Gasteiger partial charge on any atom is -0.453 e. The second-order valence-electron chi connectivity index (χ2n) is 1.52. The number of carbonyl (C=O) groups excluding carboxylic acids is 1. The molecule has 0 unspecified atom stereocenters. The second-order valence-corrected chi connectivity index (χ2v) is 4.53. The summed E-state index contributed by atoms with van der Waals surface area (Å²) in [6.45, 7) is 1.04. The molecule has 0 aliphatic heterocycles. The summed E-state index contributed by atoms with van der Waals surface area (Å²) >= 11 is 4.92. The molecule has 0 heterocycles. The first-order valence-corrected chi connectivity index (χ1v) is 5.90. The van der Waals surface area contributed by atoms with Gasteiger partial charge in [-0.15, -0.1) is 0 Å². The van der Waals surface area contributed by atoms with E-state index in [0.717, 1.165) is 11.5 Å². The molecule has 0 aliphatic rings. The van der Waals surface area contributed by atoms with Gasteiger partial charge >= 0.3 is 5.43 Å². The highest BCUT2D eigenvalue weighted by atomic mass is 35.5. The molecule has 0 aromatic rings. The SMILES string of the molecule is NCCSSCCOC(=O)Cl. The molecule has 0 aliphatic carbocycles. The van der Waals surface area contributed by atoms with Crippen molar-refractivity contribution < 1.29 is 9.53 Å². The summed E-state index contributed by atoms with van der Waals surface area (Å²) in [6, 6.07) is 0. The normalized spacial score (nSPS) is 9.64. The molecule has 0 atom stereocenters. The van der Waals surface area contributed by atoms with Crippen molar-refractivity contribution in [2.75, 3.05) is 24.7 Å². The number of rotatable bonds is 6. The molecular weight excluding hydrogens is 206 g/mol. The van der Waals surface area contributed by atoms with Crippen molar-refractivity contribution in [3.05, 3.63) is 0 Å². The third-order valence-corrected chi connectivity index (χ3v) is 3.18. The van der Waals surface area contributed by atoms with Crippen molar-refractivity contribution in [2.24, 2.45) is 5.73 Å². The zero-order valence-corrected chi connectivity index (χ0v) is 8.31. The maximum Gasteiger partial charge on any atom is 0.403 e. The van der Waals surface area contributed by atoms with Gasteiger partial charge in [0.2, 0.25) is 0 Å². The Hall–Kier alpha value is 0.420.